The Balaban J connectivity index is 1.99. The minimum atomic E-state index is -0.135. The van der Waals surface area contributed by atoms with Crippen molar-refractivity contribution >= 4 is 17.4 Å². The van der Waals surface area contributed by atoms with E-state index in [1.807, 2.05) is 13.0 Å². The van der Waals surface area contributed by atoms with Crippen molar-refractivity contribution < 1.29 is 9.59 Å². The lowest BCUT2D eigenvalue weighted by atomic mass is 10.1. The summed E-state index contributed by atoms with van der Waals surface area (Å²) < 4.78 is 0. The number of carbonyl (C=O) groups is 2. The quantitative estimate of drug-likeness (QED) is 0.866. The largest absolute Gasteiger partial charge is 0.325 e. The lowest BCUT2D eigenvalue weighted by molar-refractivity contribution is -0.120. The van der Waals surface area contributed by atoms with Gasteiger partial charge in [0.05, 0.1) is 6.04 Å². The molecule has 0 aliphatic carbocycles. The van der Waals surface area contributed by atoms with Crippen molar-refractivity contribution in [3.05, 3.63) is 29.8 Å². The zero-order valence-corrected chi connectivity index (χ0v) is 12.9. The SMILES string of the molecule is CC(=O)c1cccc(NC(=O)[C@@H](C)N2CCCCCC2)c1. The topological polar surface area (TPSA) is 49.4 Å². The molecule has 114 valence electrons. The maximum atomic E-state index is 12.4. The molecule has 0 radical (unpaired) electrons. The van der Waals surface area contributed by atoms with E-state index >= 15 is 0 Å². The van der Waals surface area contributed by atoms with E-state index in [1.54, 1.807) is 18.2 Å². The average molecular weight is 288 g/mol. The highest BCUT2D eigenvalue weighted by Gasteiger charge is 2.22. The number of likely N-dealkylation sites (tertiary alicyclic amines) is 1. The predicted octanol–water partition coefficient (Wildman–Crippen LogP) is 3.09. The summed E-state index contributed by atoms with van der Waals surface area (Å²) in [7, 11) is 0. The number of hydrogen-bond acceptors (Lipinski definition) is 3. The van der Waals surface area contributed by atoms with E-state index in [0.717, 1.165) is 25.9 Å². The van der Waals surface area contributed by atoms with Gasteiger partial charge in [-0.25, -0.2) is 0 Å². The molecule has 2 rings (SSSR count). The molecule has 0 aromatic heterocycles. The number of Topliss-reactive ketones (excluding diaryl/α,β-unsaturated/α-hetero) is 1. The summed E-state index contributed by atoms with van der Waals surface area (Å²) in [6.07, 6.45) is 4.84. The van der Waals surface area contributed by atoms with E-state index < -0.39 is 0 Å². The summed E-state index contributed by atoms with van der Waals surface area (Å²) in [6.45, 7) is 5.46. The van der Waals surface area contributed by atoms with Gasteiger partial charge in [-0.3, -0.25) is 14.5 Å². The third kappa shape index (κ3) is 4.39. The summed E-state index contributed by atoms with van der Waals surface area (Å²) >= 11 is 0. The Morgan fingerprint density at radius 2 is 1.81 bits per heavy atom. The van der Waals surface area contributed by atoms with Gasteiger partial charge in [-0.15, -0.1) is 0 Å². The number of benzene rings is 1. The molecule has 4 heteroatoms. The van der Waals surface area contributed by atoms with Crippen LogP contribution in [0.1, 0.15) is 49.9 Å². The Kier molecular flexibility index (Phi) is 5.51. The minimum absolute atomic E-state index is 0.00222. The van der Waals surface area contributed by atoms with Crippen molar-refractivity contribution in [3.63, 3.8) is 0 Å². The molecule has 1 fully saturated rings. The molecule has 1 aromatic carbocycles. The Hall–Kier alpha value is -1.68. The third-order valence-corrected chi connectivity index (χ3v) is 4.10. The van der Waals surface area contributed by atoms with Crippen LogP contribution in [0, 0.1) is 0 Å². The van der Waals surface area contributed by atoms with E-state index in [2.05, 4.69) is 10.2 Å². The summed E-state index contributed by atoms with van der Waals surface area (Å²) in [5.74, 6) is 0.00395. The zero-order valence-electron chi connectivity index (χ0n) is 12.9. The monoisotopic (exact) mass is 288 g/mol. The highest BCUT2D eigenvalue weighted by atomic mass is 16.2. The molecular formula is C17H24N2O2. The van der Waals surface area contributed by atoms with Gasteiger partial charge in [-0.05, 0) is 51.9 Å². The molecule has 0 unspecified atom stereocenters. The Morgan fingerprint density at radius 1 is 1.14 bits per heavy atom. The van der Waals surface area contributed by atoms with Gasteiger partial charge in [0, 0.05) is 11.3 Å². The summed E-state index contributed by atoms with van der Waals surface area (Å²) in [4.78, 5) is 26.0. The number of rotatable bonds is 4. The number of amides is 1. The van der Waals surface area contributed by atoms with Crippen LogP contribution >= 0.6 is 0 Å². The molecule has 1 saturated heterocycles. The first-order valence-corrected chi connectivity index (χ1v) is 7.74. The Labute approximate surface area is 126 Å². The van der Waals surface area contributed by atoms with E-state index in [1.165, 1.54) is 19.8 Å². The molecule has 1 N–H and O–H groups in total. The molecular weight excluding hydrogens is 264 g/mol. The van der Waals surface area contributed by atoms with Gasteiger partial charge in [0.1, 0.15) is 0 Å². The van der Waals surface area contributed by atoms with Gasteiger partial charge in [-0.1, -0.05) is 25.0 Å². The van der Waals surface area contributed by atoms with Crippen molar-refractivity contribution in [2.24, 2.45) is 0 Å². The molecule has 0 spiro atoms. The number of nitrogens with one attached hydrogen (secondary N) is 1. The van der Waals surface area contributed by atoms with Crippen molar-refractivity contribution in [2.75, 3.05) is 18.4 Å². The molecule has 4 nitrogen and oxygen atoms in total. The van der Waals surface area contributed by atoms with Crippen LogP contribution < -0.4 is 5.32 Å². The molecule has 1 atom stereocenters. The van der Waals surface area contributed by atoms with E-state index in [4.69, 9.17) is 0 Å². The fourth-order valence-corrected chi connectivity index (χ4v) is 2.71. The molecule has 21 heavy (non-hydrogen) atoms. The van der Waals surface area contributed by atoms with Crippen LogP contribution in [0.5, 0.6) is 0 Å². The second-order valence-corrected chi connectivity index (χ2v) is 5.75. The van der Waals surface area contributed by atoms with Gasteiger partial charge < -0.3 is 5.32 Å². The zero-order chi connectivity index (χ0) is 15.2. The van der Waals surface area contributed by atoms with E-state index in [9.17, 15) is 9.59 Å². The lowest BCUT2D eigenvalue weighted by Crippen LogP contribution is -2.42. The number of hydrogen-bond donors (Lipinski definition) is 1. The normalized spacial score (nSPS) is 17.8. The molecule has 1 amide bonds. The number of carbonyl (C=O) groups excluding carboxylic acids is 2. The van der Waals surface area contributed by atoms with Gasteiger partial charge in [0.15, 0.2) is 5.78 Å². The first-order chi connectivity index (χ1) is 10.1. The summed E-state index contributed by atoms with van der Waals surface area (Å²) in [5, 5.41) is 2.92. The molecule has 0 bridgehead atoms. The van der Waals surface area contributed by atoms with Gasteiger partial charge >= 0.3 is 0 Å². The molecule has 1 aromatic rings. The van der Waals surface area contributed by atoms with E-state index in [-0.39, 0.29) is 17.7 Å². The Bertz CT molecular complexity index is 505. The highest BCUT2D eigenvalue weighted by Crippen LogP contribution is 2.15. The smallest absolute Gasteiger partial charge is 0.241 e. The third-order valence-electron chi connectivity index (χ3n) is 4.10. The molecule has 1 aliphatic heterocycles. The van der Waals surface area contributed by atoms with Crippen molar-refractivity contribution in [2.45, 2.75) is 45.6 Å². The van der Waals surface area contributed by atoms with Crippen LogP contribution in [0.15, 0.2) is 24.3 Å². The Morgan fingerprint density at radius 3 is 2.43 bits per heavy atom. The van der Waals surface area contributed by atoms with Gasteiger partial charge in [-0.2, -0.15) is 0 Å². The maximum absolute atomic E-state index is 12.4. The van der Waals surface area contributed by atoms with Crippen LogP contribution in [-0.4, -0.2) is 35.7 Å². The first-order valence-electron chi connectivity index (χ1n) is 7.74. The second kappa shape index (κ2) is 7.36. The summed E-state index contributed by atoms with van der Waals surface area (Å²) in [5.41, 5.74) is 1.31. The van der Waals surface area contributed by atoms with Crippen LogP contribution in [0.4, 0.5) is 5.69 Å². The minimum Gasteiger partial charge on any atom is -0.325 e. The first kappa shape index (κ1) is 15.7. The van der Waals surface area contributed by atoms with E-state index in [0.29, 0.717) is 11.3 Å². The molecule has 1 heterocycles. The number of ketones is 1. The second-order valence-electron chi connectivity index (χ2n) is 5.75. The van der Waals surface area contributed by atoms with Crippen LogP contribution in [0.3, 0.4) is 0 Å². The van der Waals surface area contributed by atoms with Gasteiger partial charge in [0.25, 0.3) is 0 Å². The lowest BCUT2D eigenvalue weighted by Gasteiger charge is -2.26. The molecule has 0 saturated carbocycles. The number of nitrogens with zero attached hydrogens (tertiary/aromatic N) is 1. The molecule has 1 aliphatic rings. The maximum Gasteiger partial charge on any atom is 0.241 e. The van der Waals surface area contributed by atoms with Crippen molar-refractivity contribution in [1.82, 2.24) is 4.90 Å². The summed E-state index contributed by atoms with van der Waals surface area (Å²) in [6, 6.07) is 6.97. The fourth-order valence-electron chi connectivity index (χ4n) is 2.71. The predicted molar refractivity (Wildman–Crippen MR) is 84.6 cm³/mol. The highest BCUT2D eigenvalue weighted by molar-refractivity contribution is 5.98. The van der Waals surface area contributed by atoms with Crippen molar-refractivity contribution in [3.8, 4) is 0 Å². The van der Waals surface area contributed by atoms with Crippen LogP contribution in [0.2, 0.25) is 0 Å². The van der Waals surface area contributed by atoms with Gasteiger partial charge in [0.2, 0.25) is 5.91 Å². The number of anilines is 1. The standard InChI is InChI=1S/C17H24N2O2/c1-13(19-10-5-3-4-6-11-19)17(21)18-16-9-7-8-15(12-16)14(2)20/h7-9,12-13H,3-6,10-11H2,1-2H3,(H,18,21)/t13-/m1/s1. The fraction of sp³-hybridized carbons (Fsp3) is 0.529. The van der Waals surface area contributed by atoms with Crippen LogP contribution in [0.25, 0.3) is 0 Å². The average Bonchev–Trinajstić information content (AvgIpc) is 2.75. The van der Waals surface area contributed by atoms with Crippen molar-refractivity contribution in [1.29, 1.82) is 0 Å². The van der Waals surface area contributed by atoms with Crippen LogP contribution in [-0.2, 0) is 4.79 Å².